The molecule has 162 valence electrons. The van der Waals surface area contributed by atoms with E-state index in [1.54, 1.807) is 22.9 Å². The van der Waals surface area contributed by atoms with Crippen molar-refractivity contribution in [3.8, 4) is 5.69 Å². The van der Waals surface area contributed by atoms with Gasteiger partial charge in [-0.25, -0.2) is 15.0 Å². The molecule has 3 heterocycles. The zero-order valence-electron chi connectivity index (χ0n) is 17.6. The fourth-order valence-corrected chi connectivity index (χ4v) is 5.02. The van der Waals surface area contributed by atoms with Gasteiger partial charge >= 0.3 is 0 Å². The predicted octanol–water partition coefficient (Wildman–Crippen LogP) is 5.40. The third kappa shape index (κ3) is 3.95. The zero-order valence-corrected chi connectivity index (χ0v) is 19.2. The number of hydrazone groups is 1. The lowest BCUT2D eigenvalue weighted by Gasteiger charge is -2.29. The smallest absolute Gasteiger partial charge is 0.268 e. The average molecular weight is 465 g/mol. The lowest BCUT2D eigenvalue weighted by atomic mass is 9.94. The minimum atomic E-state index is -0.315. The number of nitrogens with zero attached hydrogens (tertiary/aromatic N) is 3. The van der Waals surface area contributed by atoms with Gasteiger partial charge in [-0.1, -0.05) is 41.9 Å². The van der Waals surface area contributed by atoms with Crippen LogP contribution in [0.2, 0.25) is 5.02 Å². The highest BCUT2D eigenvalue weighted by Crippen LogP contribution is 2.37. The standard InChI is InChI=1S/C24H21ClN4O2S/c1-24(2)12-18-19(14-31-24)32-21-20(18)22(30)29(17-6-4-3-5-7-17)23(27-21)28-26-13-15-8-10-16(25)11-9-15/h3-11,13H,12,14H2,1-2H3,(H,27,28)/b26-13-. The minimum absolute atomic E-state index is 0.111. The number of fused-ring (bicyclic) bond motifs is 3. The lowest BCUT2D eigenvalue weighted by Crippen LogP contribution is -2.32. The molecule has 1 aliphatic heterocycles. The summed E-state index contributed by atoms with van der Waals surface area (Å²) in [6.45, 7) is 4.58. The Labute approximate surface area is 194 Å². The highest BCUT2D eigenvalue weighted by molar-refractivity contribution is 7.18. The Hall–Kier alpha value is -3.00. The molecule has 2 aromatic carbocycles. The van der Waals surface area contributed by atoms with Gasteiger partial charge in [0.1, 0.15) is 4.83 Å². The van der Waals surface area contributed by atoms with Gasteiger partial charge in [0.25, 0.3) is 5.56 Å². The van der Waals surface area contributed by atoms with E-state index in [9.17, 15) is 4.79 Å². The van der Waals surface area contributed by atoms with E-state index < -0.39 is 0 Å². The van der Waals surface area contributed by atoms with Crippen LogP contribution in [0.25, 0.3) is 15.9 Å². The van der Waals surface area contributed by atoms with Crippen LogP contribution in [0.15, 0.2) is 64.5 Å². The number of para-hydroxylation sites is 1. The highest BCUT2D eigenvalue weighted by atomic mass is 35.5. The van der Waals surface area contributed by atoms with E-state index in [1.807, 2.05) is 56.3 Å². The molecular weight excluding hydrogens is 444 g/mol. The Morgan fingerprint density at radius 3 is 2.69 bits per heavy atom. The number of hydrogen-bond acceptors (Lipinski definition) is 6. The molecule has 0 atom stereocenters. The first-order valence-corrected chi connectivity index (χ1v) is 11.4. The number of nitrogens with one attached hydrogen (secondary N) is 1. The van der Waals surface area contributed by atoms with Crippen LogP contribution in [0.4, 0.5) is 5.95 Å². The molecule has 6 nitrogen and oxygen atoms in total. The molecule has 0 unspecified atom stereocenters. The van der Waals surface area contributed by atoms with Crippen LogP contribution in [0.3, 0.4) is 0 Å². The molecule has 0 radical (unpaired) electrons. The average Bonchev–Trinajstić information content (AvgIpc) is 3.12. The Morgan fingerprint density at radius 2 is 1.94 bits per heavy atom. The predicted molar refractivity (Wildman–Crippen MR) is 130 cm³/mol. The van der Waals surface area contributed by atoms with Crippen molar-refractivity contribution < 1.29 is 4.74 Å². The van der Waals surface area contributed by atoms with Crippen molar-refractivity contribution in [3.05, 3.63) is 86.0 Å². The Morgan fingerprint density at radius 1 is 1.19 bits per heavy atom. The second-order valence-electron chi connectivity index (χ2n) is 8.24. The van der Waals surface area contributed by atoms with Crippen molar-refractivity contribution in [2.24, 2.45) is 5.10 Å². The van der Waals surface area contributed by atoms with Crippen molar-refractivity contribution in [2.75, 3.05) is 5.43 Å². The first kappa shape index (κ1) is 20.9. The molecular formula is C24H21ClN4O2S. The van der Waals surface area contributed by atoms with Crippen LogP contribution >= 0.6 is 22.9 Å². The monoisotopic (exact) mass is 464 g/mol. The fraction of sp³-hybridized carbons (Fsp3) is 0.208. The number of thiophene rings is 1. The first-order chi connectivity index (χ1) is 15.4. The lowest BCUT2D eigenvalue weighted by molar-refractivity contribution is -0.0379. The topological polar surface area (TPSA) is 68.5 Å². The van der Waals surface area contributed by atoms with E-state index in [0.29, 0.717) is 34.2 Å². The summed E-state index contributed by atoms with van der Waals surface area (Å²) in [4.78, 5) is 20.3. The fourth-order valence-electron chi connectivity index (χ4n) is 3.80. The van der Waals surface area contributed by atoms with Crippen LogP contribution in [-0.2, 0) is 17.8 Å². The number of benzene rings is 2. The van der Waals surface area contributed by atoms with Gasteiger partial charge in [0.2, 0.25) is 5.95 Å². The molecule has 5 rings (SSSR count). The summed E-state index contributed by atoms with van der Waals surface area (Å²) in [5.41, 5.74) is 5.19. The zero-order chi connectivity index (χ0) is 22.3. The number of hydrogen-bond donors (Lipinski definition) is 1. The molecule has 32 heavy (non-hydrogen) atoms. The summed E-state index contributed by atoms with van der Waals surface area (Å²) in [5.74, 6) is 0.359. The summed E-state index contributed by atoms with van der Waals surface area (Å²) in [5, 5.41) is 5.65. The summed E-state index contributed by atoms with van der Waals surface area (Å²) in [6, 6.07) is 16.8. The number of ether oxygens (including phenoxy) is 1. The van der Waals surface area contributed by atoms with Gasteiger partial charge < -0.3 is 4.74 Å². The summed E-state index contributed by atoms with van der Waals surface area (Å²) in [7, 11) is 0. The van der Waals surface area contributed by atoms with E-state index in [1.165, 1.54) is 11.3 Å². The highest BCUT2D eigenvalue weighted by Gasteiger charge is 2.31. The summed E-state index contributed by atoms with van der Waals surface area (Å²) >= 11 is 7.46. The van der Waals surface area contributed by atoms with Gasteiger partial charge in [-0.2, -0.15) is 5.10 Å². The van der Waals surface area contributed by atoms with Crippen molar-refractivity contribution in [1.29, 1.82) is 0 Å². The van der Waals surface area contributed by atoms with E-state index in [2.05, 4.69) is 10.5 Å². The first-order valence-electron chi connectivity index (χ1n) is 10.2. The molecule has 0 saturated carbocycles. The van der Waals surface area contributed by atoms with Crippen molar-refractivity contribution in [1.82, 2.24) is 9.55 Å². The van der Waals surface area contributed by atoms with E-state index >= 15 is 0 Å². The van der Waals surface area contributed by atoms with Gasteiger partial charge in [0.15, 0.2) is 0 Å². The number of halogens is 1. The third-order valence-corrected chi connectivity index (χ3v) is 6.72. The van der Waals surface area contributed by atoms with E-state index in [0.717, 1.165) is 21.7 Å². The molecule has 0 bridgehead atoms. The van der Waals surface area contributed by atoms with Crippen LogP contribution < -0.4 is 11.0 Å². The number of aromatic nitrogens is 2. The van der Waals surface area contributed by atoms with Crippen molar-refractivity contribution in [3.63, 3.8) is 0 Å². The van der Waals surface area contributed by atoms with Gasteiger partial charge in [-0.05, 0) is 49.2 Å². The molecule has 0 amide bonds. The summed E-state index contributed by atoms with van der Waals surface area (Å²) in [6.07, 6.45) is 2.34. The molecule has 8 heteroatoms. The maximum absolute atomic E-state index is 13.7. The number of anilines is 1. The van der Waals surface area contributed by atoms with Gasteiger partial charge in [-0.15, -0.1) is 11.3 Å². The third-order valence-electron chi connectivity index (χ3n) is 5.37. The largest absolute Gasteiger partial charge is 0.370 e. The minimum Gasteiger partial charge on any atom is -0.370 e. The van der Waals surface area contributed by atoms with Crippen LogP contribution in [0.5, 0.6) is 0 Å². The van der Waals surface area contributed by atoms with E-state index in [-0.39, 0.29) is 11.2 Å². The van der Waals surface area contributed by atoms with Gasteiger partial charge in [0.05, 0.1) is 29.5 Å². The molecule has 2 aromatic heterocycles. The Kier molecular flexibility index (Phi) is 5.33. The Bertz CT molecular complexity index is 1380. The summed E-state index contributed by atoms with van der Waals surface area (Å²) < 4.78 is 7.53. The molecule has 0 fully saturated rings. The van der Waals surface area contributed by atoms with Crippen LogP contribution in [0.1, 0.15) is 29.9 Å². The maximum Gasteiger partial charge on any atom is 0.268 e. The van der Waals surface area contributed by atoms with Crippen LogP contribution in [-0.4, -0.2) is 21.4 Å². The van der Waals surface area contributed by atoms with Crippen LogP contribution in [0, 0.1) is 0 Å². The molecule has 0 saturated heterocycles. The normalized spacial score (nSPS) is 15.2. The van der Waals surface area contributed by atoms with Gasteiger partial charge in [-0.3, -0.25) is 4.79 Å². The molecule has 4 aromatic rings. The maximum atomic E-state index is 13.7. The SMILES string of the molecule is CC1(C)Cc2c(sc3nc(N/N=C\c4ccc(Cl)cc4)n(-c4ccccc4)c(=O)c23)CO1. The molecule has 1 N–H and O–H groups in total. The molecule has 1 aliphatic rings. The van der Waals surface area contributed by atoms with Gasteiger partial charge in [0, 0.05) is 16.3 Å². The van der Waals surface area contributed by atoms with E-state index in [4.69, 9.17) is 21.3 Å². The van der Waals surface area contributed by atoms with Crippen molar-refractivity contribution >= 4 is 45.3 Å². The quantitative estimate of drug-likeness (QED) is 0.324. The molecule has 0 spiro atoms. The Balaban J connectivity index is 1.63. The second-order valence-corrected chi connectivity index (χ2v) is 9.76. The number of rotatable bonds is 4. The molecule has 0 aliphatic carbocycles. The van der Waals surface area contributed by atoms with Crippen molar-refractivity contribution in [2.45, 2.75) is 32.5 Å². The second kappa shape index (κ2) is 8.16.